The van der Waals surface area contributed by atoms with Crippen LogP contribution in [0.25, 0.3) is 0 Å². The molecule has 5 nitrogen and oxygen atoms in total. The molecule has 0 unspecified atom stereocenters. The number of carbonyl (C=O) groups is 1. The Kier molecular flexibility index (Phi) is 6.39. The molecule has 0 aliphatic carbocycles. The van der Waals surface area contributed by atoms with Gasteiger partial charge in [0.15, 0.2) is 0 Å². The largest absolute Gasteiger partial charge is 0.369 e. The normalized spacial score (nSPS) is 11.2. The molecule has 1 heterocycles. The van der Waals surface area contributed by atoms with Gasteiger partial charge in [0.2, 0.25) is 5.91 Å². The van der Waals surface area contributed by atoms with Crippen LogP contribution < -0.4 is 10.6 Å². The lowest BCUT2D eigenvalue weighted by Gasteiger charge is -2.20. The van der Waals surface area contributed by atoms with Crippen molar-refractivity contribution < 1.29 is 4.79 Å². The van der Waals surface area contributed by atoms with Crippen LogP contribution in [0.1, 0.15) is 46.4 Å². The van der Waals surface area contributed by atoms with E-state index in [4.69, 9.17) is 0 Å². The molecule has 1 rings (SSSR count). The van der Waals surface area contributed by atoms with Crippen molar-refractivity contribution in [3.63, 3.8) is 0 Å². The number of nitrogens with one attached hydrogen (secondary N) is 2. The maximum atomic E-state index is 11.7. The number of halogens is 1. The summed E-state index contributed by atoms with van der Waals surface area (Å²) in [6.07, 6.45) is 2.27. The van der Waals surface area contributed by atoms with Crippen LogP contribution in [0, 0.1) is 0 Å². The van der Waals surface area contributed by atoms with Crippen molar-refractivity contribution in [2.75, 3.05) is 11.9 Å². The van der Waals surface area contributed by atoms with E-state index in [1.165, 1.54) is 0 Å². The standard InChI is InChI=1S/C14H23BrN4O/c1-5-6-11-17-10(15)9-12(18-11)16-8-7-13(20)19-14(2,3)4/h9H,5-8H2,1-4H3,(H,19,20)(H,16,17,18). The molecule has 0 aliphatic heterocycles. The molecule has 0 saturated carbocycles. The van der Waals surface area contributed by atoms with Crippen molar-refractivity contribution in [2.24, 2.45) is 0 Å². The second-order valence-electron chi connectivity index (χ2n) is 5.72. The Morgan fingerprint density at radius 1 is 1.35 bits per heavy atom. The summed E-state index contributed by atoms with van der Waals surface area (Å²) in [6, 6.07) is 1.82. The summed E-state index contributed by atoms with van der Waals surface area (Å²) < 4.78 is 0.762. The van der Waals surface area contributed by atoms with E-state index in [0.717, 1.165) is 29.1 Å². The molecule has 0 spiro atoms. The molecule has 1 aromatic rings. The minimum atomic E-state index is -0.191. The highest BCUT2D eigenvalue weighted by molar-refractivity contribution is 9.10. The Bertz CT molecular complexity index is 457. The number of aryl methyl sites for hydroxylation is 1. The first-order chi connectivity index (χ1) is 9.30. The van der Waals surface area contributed by atoms with E-state index in [9.17, 15) is 4.79 Å². The summed E-state index contributed by atoms with van der Waals surface area (Å²) in [6.45, 7) is 8.55. The zero-order chi connectivity index (χ0) is 15.2. The van der Waals surface area contributed by atoms with Gasteiger partial charge in [0.05, 0.1) is 0 Å². The monoisotopic (exact) mass is 342 g/mol. The Labute approximate surface area is 129 Å². The van der Waals surface area contributed by atoms with Crippen LogP contribution in [0.4, 0.5) is 5.82 Å². The van der Waals surface area contributed by atoms with Crippen LogP contribution in [0.15, 0.2) is 10.7 Å². The maximum absolute atomic E-state index is 11.7. The third kappa shape index (κ3) is 6.84. The van der Waals surface area contributed by atoms with E-state index in [1.54, 1.807) is 0 Å². The topological polar surface area (TPSA) is 66.9 Å². The van der Waals surface area contributed by atoms with Crippen LogP contribution in [-0.2, 0) is 11.2 Å². The quantitative estimate of drug-likeness (QED) is 0.780. The van der Waals surface area contributed by atoms with E-state index in [0.29, 0.717) is 13.0 Å². The number of amides is 1. The summed E-state index contributed by atoms with van der Waals surface area (Å²) in [5.74, 6) is 1.59. The number of aromatic nitrogens is 2. The SMILES string of the molecule is CCCc1nc(Br)cc(NCCC(=O)NC(C)(C)C)n1. The summed E-state index contributed by atoms with van der Waals surface area (Å²) in [7, 11) is 0. The van der Waals surface area contributed by atoms with Crippen molar-refractivity contribution in [1.82, 2.24) is 15.3 Å². The molecule has 20 heavy (non-hydrogen) atoms. The third-order valence-electron chi connectivity index (χ3n) is 2.39. The van der Waals surface area contributed by atoms with Crippen molar-refractivity contribution >= 4 is 27.7 Å². The number of nitrogens with zero attached hydrogens (tertiary/aromatic N) is 2. The average Bonchev–Trinajstić information content (AvgIpc) is 2.26. The summed E-state index contributed by atoms with van der Waals surface area (Å²) >= 11 is 3.37. The minimum Gasteiger partial charge on any atom is -0.369 e. The summed E-state index contributed by atoms with van der Waals surface area (Å²) in [4.78, 5) is 20.4. The van der Waals surface area contributed by atoms with Gasteiger partial charge in [-0.25, -0.2) is 9.97 Å². The second kappa shape index (κ2) is 7.57. The van der Waals surface area contributed by atoms with E-state index < -0.39 is 0 Å². The molecule has 2 N–H and O–H groups in total. The van der Waals surface area contributed by atoms with Gasteiger partial charge in [0.25, 0.3) is 0 Å². The van der Waals surface area contributed by atoms with Gasteiger partial charge in [-0.3, -0.25) is 4.79 Å². The van der Waals surface area contributed by atoms with Crippen molar-refractivity contribution in [3.8, 4) is 0 Å². The fourth-order valence-corrected chi connectivity index (χ4v) is 2.10. The smallest absolute Gasteiger partial charge is 0.222 e. The highest BCUT2D eigenvalue weighted by Gasteiger charge is 2.13. The fraction of sp³-hybridized carbons (Fsp3) is 0.643. The van der Waals surface area contributed by atoms with Crippen LogP contribution in [0.2, 0.25) is 0 Å². The Morgan fingerprint density at radius 3 is 2.65 bits per heavy atom. The Morgan fingerprint density at radius 2 is 2.05 bits per heavy atom. The number of hydrogen-bond acceptors (Lipinski definition) is 4. The van der Waals surface area contributed by atoms with Gasteiger partial charge >= 0.3 is 0 Å². The molecule has 0 aliphatic rings. The van der Waals surface area contributed by atoms with Crippen molar-refractivity contribution in [2.45, 2.75) is 52.5 Å². The van der Waals surface area contributed by atoms with E-state index in [1.807, 2.05) is 26.8 Å². The second-order valence-corrected chi connectivity index (χ2v) is 6.53. The van der Waals surface area contributed by atoms with Crippen molar-refractivity contribution in [3.05, 3.63) is 16.5 Å². The van der Waals surface area contributed by atoms with E-state index >= 15 is 0 Å². The third-order valence-corrected chi connectivity index (χ3v) is 2.79. The van der Waals surface area contributed by atoms with Crippen LogP contribution in [-0.4, -0.2) is 28.0 Å². The molecule has 112 valence electrons. The zero-order valence-corrected chi connectivity index (χ0v) is 14.2. The molecule has 0 aromatic carbocycles. The maximum Gasteiger partial charge on any atom is 0.222 e. The molecule has 0 saturated heterocycles. The zero-order valence-electron chi connectivity index (χ0n) is 12.6. The lowest BCUT2D eigenvalue weighted by Crippen LogP contribution is -2.41. The molecule has 6 heteroatoms. The van der Waals surface area contributed by atoms with Crippen LogP contribution in [0.5, 0.6) is 0 Å². The van der Waals surface area contributed by atoms with Gasteiger partial charge in [-0.1, -0.05) is 6.92 Å². The van der Waals surface area contributed by atoms with Gasteiger partial charge in [0.1, 0.15) is 16.2 Å². The lowest BCUT2D eigenvalue weighted by molar-refractivity contribution is -0.122. The molecule has 0 fully saturated rings. The Hall–Kier alpha value is -1.17. The van der Waals surface area contributed by atoms with E-state index in [2.05, 4.69) is 43.5 Å². The van der Waals surface area contributed by atoms with E-state index in [-0.39, 0.29) is 11.4 Å². The summed E-state index contributed by atoms with van der Waals surface area (Å²) in [5.41, 5.74) is -0.191. The first kappa shape index (κ1) is 16.9. The van der Waals surface area contributed by atoms with Gasteiger partial charge in [-0.15, -0.1) is 0 Å². The highest BCUT2D eigenvalue weighted by Crippen LogP contribution is 2.13. The molecule has 0 bridgehead atoms. The molecular formula is C14H23BrN4O. The van der Waals surface area contributed by atoms with Crippen molar-refractivity contribution in [1.29, 1.82) is 0 Å². The predicted octanol–water partition coefficient (Wildman–Crippen LogP) is 2.91. The van der Waals surface area contributed by atoms with Crippen LogP contribution in [0.3, 0.4) is 0 Å². The number of hydrogen-bond donors (Lipinski definition) is 2. The molecule has 0 atom stereocenters. The van der Waals surface area contributed by atoms with Gasteiger partial charge in [0, 0.05) is 31.0 Å². The molecule has 1 amide bonds. The molecular weight excluding hydrogens is 320 g/mol. The Balaban J connectivity index is 2.47. The molecule has 1 aromatic heterocycles. The fourth-order valence-electron chi connectivity index (χ4n) is 1.68. The molecule has 0 radical (unpaired) electrons. The number of rotatable bonds is 6. The number of anilines is 1. The highest BCUT2D eigenvalue weighted by atomic mass is 79.9. The van der Waals surface area contributed by atoms with Gasteiger partial charge in [-0.05, 0) is 43.1 Å². The summed E-state index contributed by atoms with van der Waals surface area (Å²) in [5, 5.41) is 6.09. The first-order valence-corrected chi connectivity index (χ1v) is 7.68. The lowest BCUT2D eigenvalue weighted by atomic mass is 10.1. The number of carbonyl (C=O) groups excluding carboxylic acids is 1. The minimum absolute atomic E-state index is 0.0342. The first-order valence-electron chi connectivity index (χ1n) is 6.88. The predicted molar refractivity (Wildman–Crippen MR) is 84.7 cm³/mol. The average molecular weight is 343 g/mol. The van der Waals surface area contributed by atoms with Crippen LogP contribution >= 0.6 is 15.9 Å². The van der Waals surface area contributed by atoms with Gasteiger partial charge in [-0.2, -0.15) is 0 Å². The van der Waals surface area contributed by atoms with Gasteiger partial charge < -0.3 is 10.6 Å².